The summed E-state index contributed by atoms with van der Waals surface area (Å²) >= 11 is 0. The second-order valence-corrected chi connectivity index (χ2v) is 6.93. The van der Waals surface area contributed by atoms with Crippen LogP contribution in [0.1, 0.15) is 30.9 Å². The van der Waals surface area contributed by atoms with Gasteiger partial charge >= 0.3 is 0 Å². The molecule has 1 aliphatic heterocycles. The van der Waals surface area contributed by atoms with Crippen LogP contribution in [0.25, 0.3) is 0 Å². The van der Waals surface area contributed by atoms with Gasteiger partial charge in [0.1, 0.15) is 5.82 Å². The molecule has 1 aliphatic rings. The predicted molar refractivity (Wildman–Crippen MR) is 99.3 cm³/mol. The molecule has 3 rings (SSSR count). The average molecular weight is 325 g/mol. The Balaban J connectivity index is 2.02. The van der Waals surface area contributed by atoms with E-state index in [1.165, 1.54) is 11.1 Å². The van der Waals surface area contributed by atoms with Gasteiger partial charge < -0.3 is 15.5 Å². The molecule has 1 unspecified atom stereocenters. The molecule has 0 radical (unpaired) electrons. The fraction of sp³-hybridized carbons (Fsp3) is 0.474. The molecule has 24 heavy (non-hydrogen) atoms. The van der Waals surface area contributed by atoms with E-state index in [2.05, 4.69) is 71.0 Å². The molecule has 5 heteroatoms. The van der Waals surface area contributed by atoms with Crippen molar-refractivity contribution in [1.29, 1.82) is 0 Å². The molecule has 0 amide bonds. The van der Waals surface area contributed by atoms with Crippen molar-refractivity contribution in [2.75, 3.05) is 43.9 Å². The van der Waals surface area contributed by atoms with Gasteiger partial charge in [-0.05, 0) is 18.5 Å². The number of nitrogens with zero attached hydrogens (tertiary/aromatic N) is 4. The van der Waals surface area contributed by atoms with Gasteiger partial charge in [-0.2, -0.15) is 4.98 Å². The predicted octanol–water partition coefficient (Wildman–Crippen LogP) is 2.60. The van der Waals surface area contributed by atoms with Crippen molar-refractivity contribution in [2.45, 2.75) is 19.8 Å². The van der Waals surface area contributed by atoms with Crippen molar-refractivity contribution >= 4 is 11.8 Å². The summed E-state index contributed by atoms with van der Waals surface area (Å²) in [5, 5.41) is 0. The second-order valence-electron chi connectivity index (χ2n) is 6.93. The van der Waals surface area contributed by atoms with Crippen LogP contribution in [0, 0.1) is 5.92 Å². The van der Waals surface area contributed by atoms with E-state index in [9.17, 15) is 0 Å². The zero-order valence-electron chi connectivity index (χ0n) is 14.8. The Bertz CT molecular complexity index is 663. The van der Waals surface area contributed by atoms with Gasteiger partial charge in [0.2, 0.25) is 5.95 Å². The third-order valence-corrected chi connectivity index (χ3v) is 4.78. The third kappa shape index (κ3) is 3.51. The van der Waals surface area contributed by atoms with E-state index in [0.29, 0.717) is 11.9 Å². The zero-order chi connectivity index (χ0) is 17.1. The maximum absolute atomic E-state index is 5.92. The molecule has 1 aromatic carbocycles. The van der Waals surface area contributed by atoms with Gasteiger partial charge in [0.15, 0.2) is 0 Å². The lowest BCUT2D eigenvalue weighted by Gasteiger charge is -2.35. The molecule has 1 atom stereocenters. The summed E-state index contributed by atoms with van der Waals surface area (Å²) in [5.41, 5.74) is 8.40. The number of likely N-dealkylation sites (N-methyl/N-ethyl adjacent to an activating group) is 1. The summed E-state index contributed by atoms with van der Waals surface area (Å²) in [6.07, 6.45) is 1.92. The van der Waals surface area contributed by atoms with Gasteiger partial charge in [0, 0.05) is 43.9 Å². The Hall–Kier alpha value is -2.14. The molecule has 1 fully saturated rings. The lowest BCUT2D eigenvalue weighted by molar-refractivity contribution is 0.311. The molecule has 0 aliphatic carbocycles. The Morgan fingerprint density at radius 2 is 1.71 bits per heavy atom. The Morgan fingerprint density at radius 3 is 2.33 bits per heavy atom. The van der Waals surface area contributed by atoms with Crippen LogP contribution in [-0.2, 0) is 0 Å². The summed E-state index contributed by atoms with van der Waals surface area (Å²) in [6, 6.07) is 10.6. The second kappa shape index (κ2) is 7.18. The van der Waals surface area contributed by atoms with Gasteiger partial charge in [0.25, 0.3) is 0 Å². The first-order chi connectivity index (χ1) is 11.6. The van der Waals surface area contributed by atoms with E-state index >= 15 is 0 Å². The summed E-state index contributed by atoms with van der Waals surface area (Å²) in [4.78, 5) is 13.6. The van der Waals surface area contributed by atoms with Crippen molar-refractivity contribution in [3.8, 4) is 0 Å². The van der Waals surface area contributed by atoms with E-state index in [1.807, 2.05) is 6.20 Å². The van der Waals surface area contributed by atoms with Gasteiger partial charge in [-0.15, -0.1) is 0 Å². The number of piperazine rings is 1. The van der Waals surface area contributed by atoms with Crippen molar-refractivity contribution in [3.63, 3.8) is 0 Å². The van der Waals surface area contributed by atoms with E-state index in [1.54, 1.807) is 0 Å². The molecule has 128 valence electrons. The van der Waals surface area contributed by atoms with Crippen LogP contribution < -0.4 is 10.6 Å². The van der Waals surface area contributed by atoms with E-state index < -0.39 is 0 Å². The number of rotatable bonds is 4. The van der Waals surface area contributed by atoms with Crippen molar-refractivity contribution in [3.05, 3.63) is 47.7 Å². The Kier molecular flexibility index (Phi) is 5.00. The van der Waals surface area contributed by atoms with Gasteiger partial charge in [-0.25, -0.2) is 4.98 Å². The first kappa shape index (κ1) is 16.7. The molecule has 0 saturated carbocycles. The maximum Gasteiger partial charge on any atom is 0.221 e. The zero-order valence-corrected chi connectivity index (χ0v) is 14.8. The maximum atomic E-state index is 5.92. The van der Waals surface area contributed by atoms with Crippen molar-refractivity contribution in [1.82, 2.24) is 14.9 Å². The largest absolute Gasteiger partial charge is 0.368 e. The number of hydrogen-bond acceptors (Lipinski definition) is 5. The van der Waals surface area contributed by atoms with Crippen molar-refractivity contribution in [2.24, 2.45) is 5.92 Å². The molecule has 2 aromatic rings. The number of benzene rings is 1. The Labute approximate surface area is 144 Å². The topological polar surface area (TPSA) is 58.3 Å². The molecule has 2 N–H and O–H groups in total. The number of hydrogen-bond donors (Lipinski definition) is 1. The fourth-order valence-electron chi connectivity index (χ4n) is 3.47. The highest BCUT2D eigenvalue weighted by atomic mass is 15.3. The molecule has 0 spiro atoms. The first-order valence-corrected chi connectivity index (χ1v) is 8.67. The average Bonchev–Trinajstić information content (AvgIpc) is 2.58. The van der Waals surface area contributed by atoms with Crippen LogP contribution in [0.4, 0.5) is 11.8 Å². The summed E-state index contributed by atoms with van der Waals surface area (Å²) < 4.78 is 0. The standard InChI is InChI=1S/C19H27N5/c1-14(2)17(15-7-5-4-6-8-15)16-13-21-19(20)22-18(16)24-11-9-23(3)10-12-24/h4-8,13-14,17H,9-12H2,1-3H3,(H2,20,21,22). The van der Waals surface area contributed by atoms with Gasteiger partial charge in [-0.3, -0.25) is 0 Å². The van der Waals surface area contributed by atoms with Crippen LogP contribution in [0.15, 0.2) is 36.5 Å². The number of nitrogen functional groups attached to an aromatic ring is 1. The molecule has 0 bridgehead atoms. The van der Waals surface area contributed by atoms with Crippen LogP contribution in [0.5, 0.6) is 0 Å². The number of aromatic nitrogens is 2. The summed E-state index contributed by atoms with van der Waals surface area (Å²) in [6.45, 7) is 8.53. The van der Waals surface area contributed by atoms with Crippen LogP contribution >= 0.6 is 0 Å². The van der Waals surface area contributed by atoms with Crippen LogP contribution in [0.2, 0.25) is 0 Å². The minimum atomic E-state index is 0.265. The molecule has 5 nitrogen and oxygen atoms in total. The Morgan fingerprint density at radius 1 is 1.04 bits per heavy atom. The monoisotopic (exact) mass is 325 g/mol. The number of nitrogens with two attached hydrogens (primary N) is 1. The molecule has 1 saturated heterocycles. The minimum Gasteiger partial charge on any atom is -0.368 e. The molecular formula is C19H27N5. The lowest BCUT2D eigenvalue weighted by atomic mass is 9.83. The SMILES string of the molecule is CC(C)C(c1ccccc1)c1cnc(N)nc1N1CCN(C)CC1. The quantitative estimate of drug-likeness (QED) is 0.936. The smallest absolute Gasteiger partial charge is 0.221 e. The third-order valence-electron chi connectivity index (χ3n) is 4.78. The molecular weight excluding hydrogens is 298 g/mol. The summed E-state index contributed by atoms with van der Waals surface area (Å²) in [7, 11) is 2.16. The number of anilines is 2. The normalized spacial score (nSPS) is 17.2. The first-order valence-electron chi connectivity index (χ1n) is 8.67. The van der Waals surface area contributed by atoms with E-state index in [0.717, 1.165) is 32.0 Å². The summed E-state index contributed by atoms with van der Waals surface area (Å²) in [5.74, 6) is 2.06. The van der Waals surface area contributed by atoms with Crippen LogP contribution in [0.3, 0.4) is 0 Å². The fourth-order valence-corrected chi connectivity index (χ4v) is 3.47. The minimum absolute atomic E-state index is 0.265. The molecule has 1 aromatic heterocycles. The van der Waals surface area contributed by atoms with Gasteiger partial charge in [0.05, 0.1) is 0 Å². The van der Waals surface area contributed by atoms with E-state index in [4.69, 9.17) is 5.73 Å². The van der Waals surface area contributed by atoms with Gasteiger partial charge in [-0.1, -0.05) is 44.2 Å². The highest BCUT2D eigenvalue weighted by molar-refractivity contribution is 5.53. The highest BCUT2D eigenvalue weighted by Crippen LogP contribution is 2.36. The lowest BCUT2D eigenvalue weighted by Crippen LogP contribution is -2.45. The van der Waals surface area contributed by atoms with E-state index in [-0.39, 0.29) is 5.92 Å². The highest BCUT2D eigenvalue weighted by Gasteiger charge is 2.26. The molecule has 2 heterocycles. The van der Waals surface area contributed by atoms with Crippen molar-refractivity contribution < 1.29 is 0 Å². The van der Waals surface area contributed by atoms with Crippen LogP contribution in [-0.4, -0.2) is 48.1 Å².